The van der Waals surface area contributed by atoms with Crippen molar-refractivity contribution >= 4 is 10.9 Å². The van der Waals surface area contributed by atoms with E-state index in [9.17, 15) is 0 Å². The monoisotopic (exact) mass is 247 g/mol. The van der Waals surface area contributed by atoms with Gasteiger partial charge in [0.15, 0.2) is 0 Å². The summed E-state index contributed by atoms with van der Waals surface area (Å²) >= 11 is 0. The van der Waals surface area contributed by atoms with E-state index < -0.39 is 0 Å². The zero-order valence-electron chi connectivity index (χ0n) is 12.0. The number of rotatable bonds is 4. The number of quaternary nitrogens is 1. The van der Waals surface area contributed by atoms with E-state index in [2.05, 4.69) is 45.2 Å². The molecular weight excluding hydrogens is 224 g/mol. The number of hydrogen-bond donors (Lipinski definition) is 1. The van der Waals surface area contributed by atoms with Gasteiger partial charge >= 0.3 is 0 Å². The van der Waals surface area contributed by atoms with Gasteiger partial charge in [0.05, 0.1) is 34.8 Å². The van der Waals surface area contributed by atoms with Crippen LogP contribution in [0.25, 0.3) is 10.9 Å². The van der Waals surface area contributed by atoms with E-state index in [0.717, 1.165) is 23.2 Å². The maximum absolute atomic E-state index is 5.31. The number of nitrogens with one attached hydrogen (secondary N) is 1. The van der Waals surface area contributed by atoms with Crippen LogP contribution in [-0.2, 0) is 6.42 Å². The Morgan fingerprint density at radius 2 is 1.94 bits per heavy atom. The number of aromatic amines is 1. The van der Waals surface area contributed by atoms with Crippen LogP contribution >= 0.6 is 0 Å². The fraction of sp³-hybridized carbons (Fsp3) is 0.467. The number of aryl methyl sites for hydroxylation is 1. The third-order valence-corrected chi connectivity index (χ3v) is 3.36. The van der Waals surface area contributed by atoms with Crippen LogP contribution in [0.4, 0.5) is 0 Å². The fourth-order valence-corrected chi connectivity index (χ4v) is 2.26. The molecule has 0 bridgehead atoms. The highest BCUT2D eigenvalue weighted by Crippen LogP contribution is 2.26. The molecule has 0 fully saturated rings. The Balaban J connectivity index is 2.39. The van der Waals surface area contributed by atoms with Gasteiger partial charge in [0.2, 0.25) is 0 Å². The van der Waals surface area contributed by atoms with Crippen molar-refractivity contribution in [2.45, 2.75) is 13.3 Å². The highest BCUT2D eigenvalue weighted by molar-refractivity contribution is 5.86. The molecule has 0 unspecified atom stereocenters. The lowest BCUT2D eigenvalue weighted by Crippen LogP contribution is -2.36. The normalized spacial score (nSPS) is 12.1. The quantitative estimate of drug-likeness (QED) is 0.826. The number of nitrogens with zero attached hydrogens (tertiary/aromatic N) is 1. The maximum Gasteiger partial charge on any atom is 0.119 e. The summed E-state index contributed by atoms with van der Waals surface area (Å²) < 4.78 is 6.30. The van der Waals surface area contributed by atoms with E-state index in [4.69, 9.17) is 4.74 Å². The predicted molar refractivity (Wildman–Crippen MR) is 76.2 cm³/mol. The molecule has 1 aromatic heterocycles. The van der Waals surface area contributed by atoms with Crippen LogP contribution in [0.5, 0.6) is 5.75 Å². The van der Waals surface area contributed by atoms with Gasteiger partial charge in [-0.05, 0) is 30.7 Å². The molecule has 0 spiro atoms. The number of benzene rings is 1. The van der Waals surface area contributed by atoms with Gasteiger partial charge in [0, 0.05) is 23.0 Å². The zero-order valence-corrected chi connectivity index (χ0v) is 12.0. The van der Waals surface area contributed by atoms with E-state index >= 15 is 0 Å². The average molecular weight is 247 g/mol. The van der Waals surface area contributed by atoms with Gasteiger partial charge in [-0.2, -0.15) is 0 Å². The van der Waals surface area contributed by atoms with Crippen LogP contribution < -0.4 is 4.74 Å². The topological polar surface area (TPSA) is 25.0 Å². The summed E-state index contributed by atoms with van der Waals surface area (Å²) in [6, 6.07) is 6.22. The largest absolute Gasteiger partial charge is 0.497 e. The van der Waals surface area contributed by atoms with E-state index in [1.54, 1.807) is 7.11 Å². The first-order chi connectivity index (χ1) is 8.40. The average Bonchev–Trinajstić information content (AvgIpc) is 2.60. The van der Waals surface area contributed by atoms with Crippen LogP contribution in [0.3, 0.4) is 0 Å². The molecule has 1 heterocycles. The number of H-pyrrole nitrogens is 1. The Kier molecular flexibility index (Phi) is 3.35. The minimum atomic E-state index is 0.924. The van der Waals surface area contributed by atoms with Crippen molar-refractivity contribution in [3.8, 4) is 5.75 Å². The number of ether oxygens (including phenoxy) is 1. The third kappa shape index (κ3) is 2.67. The van der Waals surface area contributed by atoms with E-state index in [0.29, 0.717) is 0 Å². The summed E-state index contributed by atoms with van der Waals surface area (Å²) in [6.45, 7) is 3.28. The summed E-state index contributed by atoms with van der Waals surface area (Å²) in [5.74, 6) is 0.924. The van der Waals surface area contributed by atoms with Crippen molar-refractivity contribution in [1.82, 2.24) is 4.98 Å². The molecule has 0 saturated heterocycles. The molecule has 18 heavy (non-hydrogen) atoms. The summed E-state index contributed by atoms with van der Waals surface area (Å²) in [5.41, 5.74) is 3.88. The predicted octanol–water partition coefficient (Wildman–Crippen LogP) is 2.73. The Morgan fingerprint density at radius 1 is 1.22 bits per heavy atom. The first kappa shape index (κ1) is 13.0. The van der Waals surface area contributed by atoms with Crippen LogP contribution in [0.1, 0.15) is 11.3 Å². The molecule has 0 aliphatic carbocycles. The molecule has 0 radical (unpaired) electrons. The van der Waals surface area contributed by atoms with Crippen LogP contribution in [-0.4, -0.2) is 44.3 Å². The Bertz CT molecular complexity index is 549. The fourth-order valence-electron chi connectivity index (χ4n) is 2.26. The lowest BCUT2D eigenvalue weighted by molar-refractivity contribution is -0.870. The molecular formula is C15H23N2O+. The summed E-state index contributed by atoms with van der Waals surface area (Å²) in [6.07, 6.45) is 1.09. The number of hydrogen-bond acceptors (Lipinski definition) is 1. The molecule has 98 valence electrons. The van der Waals surface area contributed by atoms with Gasteiger partial charge in [0.25, 0.3) is 0 Å². The van der Waals surface area contributed by atoms with E-state index in [-0.39, 0.29) is 0 Å². The standard InChI is InChI=1S/C15H23N2O/c1-11-13(8-9-17(2,3)4)14-10-12(18-5)6-7-15(14)16-11/h6-7,10,16H,8-9H2,1-5H3/q+1. The van der Waals surface area contributed by atoms with Crippen LogP contribution in [0.15, 0.2) is 18.2 Å². The Morgan fingerprint density at radius 3 is 2.56 bits per heavy atom. The third-order valence-electron chi connectivity index (χ3n) is 3.36. The molecule has 0 amide bonds. The number of likely N-dealkylation sites (N-methyl/N-ethyl adjacent to an activating group) is 1. The molecule has 1 aromatic carbocycles. The minimum absolute atomic E-state index is 0.924. The molecule has 0 saturated carbocycles. The van der Waals surface area contributed by atoms with Gasteiger partial charge < -0.3 is 14.2 Å². The smallest absolute Gasteiger partial charge is 0.119 e. The number of methoxy groups -OCH3 is 1. The second kappa shape index (κ2) is 4.65. The highest BCUT2D eigenvalue weighted by atomic mass is 16.5. The number of aromatic nitrogens is 1. The maximum atomic E-state index is 5.31. The van der Waals surface area contributed by atoms with Gasteiger partial charge in [-0.1, -0.05) is 0 Å². The van der Waals surface area contributed by atoms with Crippen molar-refractivity contribution in [3.63, 3.8) is 0 Å². The van der Waals surface area contributed by atoms with Crippen molar-refractivity contribution in [3.05, 3.63) is 29.5 Å². The lowest BCUT2D eigenvalue weighted by Gasteiger charge is -2.23. The minimum Gasteiger partial charge on any atom is -0.497 e. The first-order valence-corrected chi connectivity index (χ1v) is 6.36. The van der Waals surface area contributed by atoms with Gasteiger partial charge in [-0.3, -0.25) is 0 Å². The Hall–Kier alpha value is -1.48. The van der Waals surface area contributed by atoms with Gasteiger partial charge in [0.1, 0.15) is 5.75 Å². The Labute approximate surface area is 109 Å². The first-order valence-electron chi connectivity index (χ1n) is 6.36. The molecule has 3 nitrogen and oxygen atoms in total. The summed E-state index contributed by atoms with van der Waals surface area (Å²) in [5, 5.41) is 1.29. The summed E-state index contributed by atoms with van der Waals surface area (Å²) in [4.78, 5) is 3.45. The van der Waals surface area contributed by atoms with Gasteiger partial charge in [-0.25, -0.2) is 0 Å². The highest BCUT2D eigenvalue weighted by Gasteiger charge is 2.13. The molecule has 2 aromatic rings. The molecule has 0 aliphatic rings. The SMILES string of the molecule is COc1ccc2[nH]c(C)c(CC[N+](C)(C)C)c2c1. The van der Waals surface area contributed by atoms with Crippen LogP contribution in [0, 0.1) is 6.92 Å². The zero-order chi connectivity index (χ0) is 13.3. The second-order valence-corrected chi connectivity index (χ2v) is 5.90. The summed E-state index contributed by atoms with van der Waals surface area (Å²) in [7, 11) is 8.40. The number of fused-ring (bicyclic) bond motifs is 1. The van der Waals surface area contributed by atoms with Gasteiger partial charge in [-0.15, -0.1) is 0 Å². The van der Waals surface area contributed by atoms with Crippen molar-refractivity contribution in [1.29, 1.82) is 0 Å². The van der Waals surface area contributed by atoms with Crippen molar-refractivity contribution in [2.24, 2.45) is 0 Å². The van der Waals surface area contributed by atoms with Crippen molar-refractivity contribution in [2.75, 3.05) is 34.8 Å². The molecule has 3 heteroatoms. The van der Waals surface area contributed by atoms with E-state index in [1.807, 2.05) is 6.07 Å². The van der Waals surface area contributed by atoms with Crippen LogP contribution in [0.2, 0.25) is 0 Å². The molecule has 0 aliphatic heterocycles. The lowest BCUT2D eigenvalue weighted by atomic mass is 10.1. The van der Waals surface area contributed by atoms with Crippen molar-refractivity contribution < 1.29 is 9.22 Å². The molecule has 0 atom stereocenters. The molecule has 2 rings (SSSR count). The second-order valence-electron chi connectivity index (χ2n) is 5.90. The molecule has 1 N–H and O–H groups in total. The van der Waals surface area contributed by atoms with E-state index in [1.165, 1.54) is 22.2 Å².